The second-order valence-corrected chi connectivity index (χ2v) is 44.5. The topological polar surface area (TPSA) is 396 Å². The van der Waals surface area contributed by atoms with Gasteiger partial charge < -0.3 is 117 Å². The van der Waals surface area contributed by atoms with E-state index in [1.807, 2.05) is 154 Å². The van der Waals surface area contributed by atoms with Crippen molar-refractivity contribution in [3.05, 3.63) is 232 Å². The van der Waals surface area contributed by atoms with Crippen molar-refractivity contribution < 1.29 is 196 Å². The third kappa shape index (κ3) is 21.6. The Labute approximate surface area is 909 Å². The first-order valence-electron chi connectivity index (χ1n) is 42.5. The molecule has 32 nitrogen and oxygen atoms in total. The monoisotopic (exact) mass is 2170 g/mol. The van der Waals surface area contributed by atoms with Gasteiger partial charge in [-0.05, 0) is 198 Å². The van der Waals surface area contributed by atoms with Gasteiger partial charge in [-0.2, -0.15) is 0 Å². The third-order valence-corrected chi connectivity index (χ3v) is 31.9. The maximum atomic E-state index is 14.1. The van der Waals surface area contributed by atoms with Gasteiger partial charge in [-0.25, -0.2) is 39.9 Å². The number of hydrogen-bond donors (Lipinski definition) is 4. The van der Waals surface area contributed by atoms with Crippen LogP contribution >= 0.6 is 92.8 Å². The summed E-state index contributed by atoms with van der Waals surface area (Å²) in [5, 5.41) is 39.0. The van der Waals surface area contributed by atoms with Crippen LogP contribution in [0, 0.1) is 0 Å². The molecular weight excluding hydrogens is 2080 g/mol. The molecule has 19 atom stereocenters. The van der Waals surface area contributed by atoms with Gasteiger partial charge in [0.25, 0.3) is 0 Å². The van der Waals surface area contributed by atoms with Gasteiger partial charge >= 0.3 is 98.5 Å². The van der Waals surface area contributed by atoms with Crippen molar-refractivity contribution in [2.75, 3.05) is 0 Å². The van der Waals surface area contributed by atoms with E-state index < -0.39 is 124 Å². The standard InChI is InChI=1S/C27H33Cl2N3O5Si.C22H23Cl2N3O4.C21H21Cl2N3O5.C21H19Cl2N3O4.B.Cs.FH.H3N.Na.H2O.H/c1-26(2,3)38(6,7)34-13-15-12-16(28)8-9-17(15)19(33)20-21-22(37-27(4,5)36-21)25(35-20)32-11-10-18-23(29)30-14-31-24(18)32;1-4-11-9-12(23)5-6-13(11)15(28)16-17-18(31-22(2,3)30-17)21(29-16)27-8-7-14-19(24)25-10-26-20(14)27;1-21(2)30-16-15(14(28)12-4-3-11(22)7-10(12)8-27)29-20(17(16)31-21)26-6-5-13-18(23)24-9-25-19(13)26;1-21(2)29-16-15(14-12-4-3-11(22)7-10(12)8-27-14)28-20(17(16)30-21)26-6-5-13-18(23)24-9-25-19(13)26;;;;;;;/h8-12,14,20-22,25H,13H2,1-7H3;5-10,15-18,21,28H,4H2,1-3H3;3-7,9,14-17,20,27-28H,8H2,1-2H3;3-7,9,14-17,20H,8H2,1-2H3;;;1H;1H3;;1H2;/q;;;;;+1;;;+1;;-1/p-1/t20-,21-,22-,25-;15-,16+,17+,18+,21+;2*14-,15+,16+,17+,20+;;;;;;;/m1000......./s1. The van der Waals surface area contributed by atoms with Crippen LogP contribution in [-0.2, 0) is 92.2 Å². The van der Waals surface area contributed by atoms with E-state index in [1.54, 1.807) is 48.7 Å². The Balaban J connectivity index is 0.000000173. The Morgan fingerprint density at radius 2 is 0.831 bits per heavy atom. The Morgan fingerprint density at radius 1 is 0.485 bits per heavy atom. The average molecular weight is 2180 g/mol. The van der Waals surface area contributed by atoms with Crippen molar-refractivity contribution in [2.24, 2.45) is 0 Å². The van der Waals surface area contributed by atoms with Gasteiger partial charge in [0.1, 0.15) is 154 Å². The molecule has 0 saturated carbocycles. The second kappa shape index (κ2) is 43.3. The molecule has 3 radical (unpaired) electrons. The first-order valence-corrected chi connectivity index (χ1v) is 48.4. The van der Waals surface area contributed by atoms with Crippen LogP contribution in [0.25, 0.3) is 44.1 Å². The van der Waals surface area contributed by atoms with Crippen molar-refractivity contribution in [1.82, 2.24) is 64.3 Å². The molecule has 4 aromatic carbocycles. The van der Waals surface area contributed by atoms with Crippen LogP contribution in [0.3, 0.4) is 0 Å². The summed E-state index contributed by atoms with van der Waals surface area (Å²) >= 11 is 49.7. The molecule has 0 spiro atoms. The Bertz CT molecular complexity index is 6170. The number of rotatable bonds is 16. The van der Waals surface area contributed by atoms with E-state index in [4.69, 9.17) is 159 Å². The molecule has 136 heavy (non-hydrogen) atoms. The Morgan fingerprint density at radius 3 is 1.25 bits per heavy atom. The second-order valence-electron chi connectivity index (χ2n) is 36.6. The number of ether oxygens (including phenoxy) is 13. The summed E-state index contributed by atoms with van der Waals surface area (Å²) in [4.78, 5) is 47.8. The number of aromatic nitrogens is 12. The molecule has 21 rings (SSSR count). The number of ketones is 1. The third-order valence-electron chi connectivity index (χ3n) is 25.3. The van der Waals surface area contributed by atoms with E-state index in [2.05, 4.69) is 73.7 Å². The van der Waals surface area contributed by atoms with Crippen molar-refractivity contribution in [3.63, 3.8) is 0 Å². The number of carbonyl (C=O) groups is 1. The number of carbonyl (C=O) groups excluding carboxylic acids is 1. The summed E-state index contributed by atoms with van der Waals surface area (Å²) in [7, 11) is -2.07. The minimum Gasteiger partial charge on any atom is -1.00 e. The zero-order valence-corrected chi connectivity index (χ0v) is 92.5. The van der Waals surface area contributed by atoms with Crippen molar-refractivity contribution in [1.29, 1.82) is 0 Å². The van der Waals surface area contributed by atoms with Gasteiger partial charge in [-0.1, -0.05) is 139 Å². The van der Waals surface area contributed by atoms with Gasteiger partial charge in [-0.15, -0.1) is 0 Å². The molecule has 0 unspecified atom stereocenters. The molecule has 0 bridgehead atoms. The van der Waals surface area contributed by atoms with Gasteiger partial charge in [0, 0.05) is 58.9 Å². The van der Waals surface area contributed by atoms with Crippen LogP contribution in [0.15, 0.2) is 147 Å². The average Bonchev–Trinajstić information content (AvgIpc) is 1.58. The molecule has 717 valence electrons. The van der Waals surface area contributed by atoms with E-state index in [9.17, 15) is 20.1 Å². The minimum atomic E-state index is -2.07. The Hall–Kier alpha value is -4.15. The Kier molecular flexibility index (Phi) is 35.2. The number of hydrogen-bond acceptors (Lipinski definition) is 27. The maximum Gasteiger partial charge on any atom is 1.00 e. The number of aliphatic hydroxyl groups excluding tert-OH is 3. The molecule has 9 aliphatic heterocycles. The number of aliphatic hydroxyl groups is 3. The van der Waals surface area contributed by atoms with E-state index in [0.717, 1.165) is 45.0 Å². The van der Waals surface area contributed by atoms with Crippen LogP contribution in [-0.4, -0.2) is 198 Å². The predicted molar refractivity (Wildman–Crippen MR) is 501 cm³/mol. The molecule has 8 N–H and O–H groups in total. The predicted octanol–water partition coefficient (Wildman–Crippen LogP) is 8.90. The fourth-order valence-corrected chi connectivity index (χ4v) is 20.9. The van der Waals surface area contributed by atoms with Crippen molar-refractivity contribution >= 4 is 159 Å². The first-order chi connectivity index (χ1) is 61.7. The summed E-state index contributed by atoms with van der Waals surface area (Å²) in [5.74, 6) is -3.49. The van der Waals surface area contributed by atoms with E-state index in [1.165, 1.54) is 25.3 Å². The number of nitrogens with zero attached hydrogens (tertiary/aromatic N) is 12. The molecule has 45 heteroatoms. The van der Waals surface area contributed by atoms with Gasteiger partial charge in [0.2, 0.25) is 0 Å². The van der Waals surface area contributed by atoms with Gasteiger partial charge in [0.15, 0.2) is 68.3 Å². The first kappa shape index (κ1) is 111. The minimum absolute atomic E-state index is 0. The zero-order chi connectivity index (χ0) is 92.1. The van der Waals surface area contributed by atoms with Crippen LogP contribution in [0.4, 0.5) is 0 Å². The van der Waals surface area contributed by atoms with E-state index in [-0.39, 0.29) is 173 Å². The summed E-state index contributed by atoms with van der Waals surface area (Å²) < 4.78 is 95.3. The molecule has 8 fully saturated rings. The maximum absolute atomic E-state index is 14.1. The van der Waals surface area contributed by atoms with Crippen LogP contribution in [0.1, 0.15) is 177 Å². The SMILES string of the molecule is CC1(C)O[C@@H]2[C@H](O1)[C@@H](C(=O)c1ccc(Cl)cc1CO[Si](C)(C)C(C)(C)C)O[C@H]2n1ccc2c(Cl)ncnc21.CC1(C)O[C@H]2[C@@H](O1)[C@H](n1ccc3c(Cl)ncnc31)O[C@@H]2[C@@H](O)c1ccc(Cl)cc1CO.CC1(C)O[C@H]2[C@@H](O1)[C@H](n1ccc3c(Cl)ncnc31)O[C@@H]2[C@H]1OCc2cc(Cl)ccc21.CCc1cc(Cl)ccc1[C@H](O)[C@H]1O[C@@H](n2ccc3c(Cl)ncnc32)[C@@H]2OC(C)(C)O[C@@H]21.N.O.[B].[Cs+].[F-].[H-].[Na+]. The molecule has 17 heterocycles. The largest absolute Gasteiger partial charge is 1.00 e. The van der Waals surface area contributed by atoms with Gasteiger partial charge in [0.05, 0.1) is 41.4 Å². The summed E-state index contributed by atoms with van der Waals surface area (Å²) in [5.41, 5.74) is 8.63. The molecule has 0 amide bonds. The van der Waals surface area contributed by atoms with Crippen LogP contribution < -0.4 is 109 Å². The molecule has 8 saturated heterocycles. The summed E-state index contributed by atoms with van der Waals surface area (Å²) in [6.45, 7) is 28.3. The number of benzene rings is 4. The smallest absolute Gasteiger partial charge is 1.00 e. The summed E-state index contributed by atoms with van der Waals surface area (Å²) in [6, 6.07) is 28.9. The number of aryl methyl sites for hydroxylation is 1. The molecule has 8 aromatic heterocycles. The fourth-order valence-electron chi connectivity index (χ4n) is 18.4. The normalized spacial score (nSPS) is 26.9. The number of fused-ring (bicyclic) bond motifs is 9. The molecular formula is C91H102BCl8CsFN13NaO19Si. The number of halogens is 9. The van der Waals surface area contributed by atoms with Crippen LogP contribution in [0.2, 0.25) is 58.8 Å². The quantitative estimate of drug-likeness (QED) is 0.0398. The summed E-state index contributed by atoms with van der Waals surface area (Å²) in [6.07, 6.45) is 2.84. The van der Waals surface area contributed by atoms with Crippen LogP contribution in [0.5, 0.6) is 0 Å². The van der Waals surface area contributed by atoms with Crippen molar-refractivity contribution in [2.45, 2.75) is 267 Å². The van der Waals surface area contributed by atoms with E-state index in [0.29, 0.717) is 97.4 Å². The fraction of sp³-hybridized carbons (Fsp3) is 0.462. The van der Waals surface area contributed by atoms with Gasteiger partial charge in [-0.3, -0.25) is 4.79 Å². The molecule has 12 aromatic rings. The zero-order valence-electron chi connectivity index (χ0n) is 78.2. The van der Waals surface area contributed by atoms with Crippen molar-refractivity contribution in [3.8, 4) is 0 Å². The molecule has 9 aliphatic rings. The van der Waals surface area contributed by atoms with E-state index >= 15 is 0 Å². The molecule has 0 aliphatic carbocycles. The number of Topliss-reactive ketones (excluding diaryl/α,β-unsaturated/α-hetero) is 1.